The topological polar surface area (TPSA) is 15.3 Å². The molecule has 0 aromatic carbocycles. The van der Waals surface area contributed by atoms with Crippen molar-refractivity contribution in [1.82, 2.24) is 10.2 Å². The van der Waals surface area contributed by atoms with Gasteiger partial charge in [0.25, 0.3) is 0 Å². The lowest BCUT2D eigenvalue weighted by atomic mass is 9.82. The van der Waals surface area contributed by atoms with Crippen LogP contribution in [0.15, 0.2) is 0 Å². The van der Waals surface area contributed by atoms with Gasteiger partial charge >= 0.3 is 0 Å². The van der Waals surface area contributed by atoms with Crippen molar-refractivity contribution in [2.45, 2.75) is 52.6 Å². The summed E-state index contributed by atoms with van der Waals surface area (Å²) in [6.45, 7) is 15.3. The van der Waals surface area contributed by atoms with E-state index in [2.05, 4.69) is 51.1 Å². The highest BCUT2D eigenvalue weighted by molar-refractivity contribution is 7.98. The third kappa shape index (κ3) is 3.87. The highest BCUT2D eigenvalue weighted by atomic mass is 32.2. The first-order valence-electron chi connectivity index (χ1n) is 6.81. The van der Waals surface area contributed by atoms with E-state index in [1.165, 1.54) is 25.3 Å². The minimum absolute atomic E-state index is 0.345. The Hall–Kier alpha value is 0.270. The van der Waals surface area contributed by atoms with Gasteiger partial charge in [-0.3, -0.25) is 4.90 Å². The quantitative estimate of drug-likeness (QED) is 0.835. The summed E-state index contributed by atoms with van der Waals surface area (Å²) >= 11 is 1.95. The van der Waals surface area contributed by atoms with Crippen molar-refractivity contribution in [3.8, 4) is 0 Å². The van der Waals surface area contributed by atoms with Gasteiger partial charge in [-0.25, -0.2) is 0 Å². The molecule has 2 atom stereocenters. The molecule has 17 heavy (non-hydrogen) atoms. The molecular weight excluding hydrogens is 228 g/mol. The number of piperazine rings is 1. The van der Waals surface area contributed by atoms with E-state index in [1.807, 2.05) is 11.8 Å². The van der Waals surface area contributed by atoms with Crippen LogP contribution in [0.2, 0.25) is 0 Å². The molecule has 1 rings (SSSR count). The van der Waals surface area contributed by atoms with Crippen molar-refractivity contribution in [3.05, 3.63) is 0 Å². The Balaban J connectivity index is 2.70. The average molecular weight is 258 g/mol. The first-order valence-corrected chi connectivity index (χ1v) is 8.20. The van der Waals surface area contributed by atoms with Crippen molar-refractivity contribution in [2.75, 3.05) is 31.6 Å². The van der Waals surface area contributed by atoms with Crippen molar-refractivity contribution in [1.29, 1.82) is 0 Å². The lowest BCUT2D eigenvalue weighted by Crippen LogP contribution is -2.66. The second-order valence-corrected chi connectivity index (χ2v) is 7.57. The van der Waals surface area contributed by atoms with Crippen LogP contribution in [0.3, 0.4) is 0 Å². The van der Waals surface area contributed by atoms with Gasteiger partial charge in [0, 0.05) is 37.0 Å². The van der Waals surface area contributed by atoms with E-state index < -0.39 is 0 Å². The molecule has 0 radical (unpaired) electrons. The van der Waals surface area contributed by atoms with E-state index >= 15 is 0 Å². The smallest absolute Gasteiger partial charge is 0.0304 e. The van der Waals surface area contributed by atoms with Crippen molar-refractivity contribution in [2.24, 2.45) is 5.41 Å². The molecule has 0 spiro atoms. The first kappa shape index (κ1) is 15.3. The fraction of sp³-hybridized carbons (Fsp3) is 1.00. The predicted octanol–water partition coefficient (Wildman–Crippen LogP) is 2.84. The molecule has 1 heterocycles. The lowest BCUT2D eigenvalue weighted by molar-refractivity contribution is 0.0274. The predicted molar refractivity (Wildman–Crippen MR) is 79.9 cm³/mol. The monoisotopic (exact) mass is 258 g/mol. The molecule has 0 aromatic rings. The number of hydrogen-bond donors (Lipinski definition) is 1. The molecule has 0 aromatic heterocycles. The van der Waals surface area contributed by atoms with E-state index in [0.29, 0.717) is 17.0 Å². The Morgan fingerprint density at radius 2 is 2.06 bits per heavy atom. The maximum Gasteiger partial charge on any atom is 0.0304 e. The second-order valence-electron chi connectivity index (χ2n) is 6.59. The highest BCUT2D eigenvalue weighted by Gasteiger charge is 2.39. The van der Waals surface area contributed by atoms with Crippen molar-refractivity contribution < 1.29 is 0 Å². The SMILES string of the molecule is CCC1(C)CNC(C(C)(C)C)CN1CCSC. The van der Waals surface area contributed by atoms with E-state index in [0.717, 1.165) is 6.54 Å². The second kappa shape index (κ2) is 5.94. The van der Waals surface area contributed by atoms with Crippen LogP contribution >= 0.6 is 11.8 Å². The zero-order valence-electron chi connectivity index (χ0n) is 12.5. The van der Waals surface area contributed by atoms with Gasteiger partial charge in [-0.1, -0.05) is 27.7 Å². The van der Waals surface area contributed by atoms with E-state index in [4.69, 9.17) is 0 Å². The van der Waals surface area contributed by atoms with E-state index in [9.17, 15) is 0 Å². The standard InChI is InChI=1S/C14H30N2S/c1-7-14(5)11-15-12(13(2,3)4)10-16(14)8-9-17-6/h12,15H,7-11H2,1-6H3. The molecule has 0 amide bonds. The maximum absolute atomic E-state index is 3.76. The maximum atomic E-state index is 3.76. The first-order chi connectivity index (χ1) is 7.83. The largest absolute Gasteiger partial charge is 0.310 e. The Morgan fingerprint density at radius 1 is 1.41 bits per heavy atom. The summed E-state index contributed by atoms with van der Waals surface area (Å²) in [6, 6.07) is 0.615. The highest BCUT2D eigenvalue weighted by Crippen LogP contribution is 2.29. The summed E-state index contributed by atoms with van der Waals surface area (Å²) in [5, 5.41) is 3.76. The lowest BCUT2D eigenvalue weighted by Gasteiger charge is -2.51. The van der Waals surface area contributed by atoms with Crippen LogP contribution in [0.1, 0.15) is 41.0 Å². The fourth-order valence-electron chi connectivity index (χ4n) is 2.45. The minimum atomic E-state index is 0.345. The number of nitrogens with zero attached hydrogens (tertiary/aromatic N) is 1. The third-order valence-corrected chi connectivity index (χ3v) is 4.86. The van der Waals surface area contributed by atoms with Crippen LogP contribution in [-0.4, -0.2) is 48.1 Å². The molecule has 0 aliphatic carbocycles. The normalized spacial score (nSPS) is 31.8. The van der Waals surface area contributed by atoms with Crippen LogP contribution < -0.4 is 5.32 Å². The summed E-state index contributed by atoms with van der Waals surface area (Å²) in [5.74, 6) is 1.24. The van der Waals surface area contributed by atoms with Gasteiger partial charge in [0.1, 0.15) is 0 Å². The Labute approximate surface area is 112 Å². The minimum Gasteiger partial charge on any atom is -0.310 e. The molecule has 2 unspecified atom stereocenters. The van der Waals surface area contributed by atoms with Gasteiger partial charge in [0.2, 0.25) is 0 Å². The van der Waals surface area contributed by atoms with Crippen molar-refractivity contribution >= 4 is 11.8 Å². The average Bonchev–Trinajstić information content (AvgIpc) is 2.26. The number of nitrogens with one attached hydrogen (secondary N) is 1. The molecule has 0 bridgehead atoms. The Bertz CT molecular complexity index is 237. The zero-order chi connectivity index (χ0) is 13.1. The number of rotatable bonds is 4. The van der Waals surface area contributed by atoms with Crippen LogP contribution in [0.4, 0.5) is 0 Å². The molecular formula is C14H30N2S. The van der Waals surface area contributed by atoms with Gasteiger partial charge < -0.3 is 5.32 Å². The molecule has 0 saturated carbocycles. The van der Waals surface area contributed by atoms with Crippen LogP contribution in [0.25, 0.3) is 0 Å². The van der Waals surface area contributed by atoms with Crippen LogP contribution in [0.5, 0.6) is 0 Å². The molecule has 1 aliphatic heterocycles. The van der Waals surface area contributed by atoms with Gasteiger partial charge in [-0.15, -0.1) is 0 Å². The summed E-state index contributed by atoms with van der Waals surface area (Å²) < 4.78 is 0. The van der Waals surface area contributed by atoms with Crippen LogP contribution in [-0.2, 0) is 0 Å². The summed E-state index contributed by atoms with van der Waals surface area (Å²) in [7, 11) is 0. The molecule has 2 nitrogen and oxygen atoms in total. The van der Waals surface area contributed by atoms with Gasteiger partial charge in [-0.2, -0.15) is 11.8 Å². The molecule has 1 fully saturated rings. The molecule has 102 valence electrons. The third-order valence-electron chi connectivity index (χ3n) is 4.27. The summed E-state index contributed by atoms with van der Waals surface area (Å²) in [4.78, 5) is 2.70. The molecule has 1 N–H and O–H groups in total. The Kier molecular flexibility index (Phi) is 5.36. The molecule has 1 aliphatic rings. The number of hydrogen-bond acceptors (Lipinski definition) is 3. The zero-order valence-corrected chi connectivity index (χ0v) is 13.3. The fourth-order valence-corrected chi connectivity index (χ4v) is 2.85. The van der Waals surface area contributed by atoms with Gasteiger partial charge in [-0.05, 0) is 25.0 Å². The molecule has 1 saturated heterocycles. The van der Waals surface area contributed by atoms with Crippen molar-refractivity contribution in [3.63, 3.8) is 0 Å². The van der Waals surface area contributed by atoms with E-state index in [-0.39, 0.29) is 0 Å². The van der Waals surface area contributed by atoms with Gasteiger partial charge in [0.05, 0.1) is 0 Å². The summed E-state index contributed by atoms with van der Waals surface area (Å²) in [6.07, 6.45) is 3.43. The van der Waals surface area contributed by atoms with Gasteiger partial charge in [0.15, 0.2) is 0 Å². The van der Waals surface area contributed by atoms with Crippen LogP contribution in [0, 0.1) is 5.41 Å². The summed E-state index contributed by atoms with van der Waals surface area (Å²) in [5.41, 5.74) is 0.699. The molecule has 3 heteroatoms. The van der Waals surface area contributed by atoms with E-state index in [1.54, 1.807) is 0 Å². The Morgan fingerprint density at radius 3 is 2.53 bits per heavy atom. The number of thioether (sulfide) groups is 1.